The number of halogens is 1. The number of aromatic nitrogens is 4. The highest BCUT2D eigenvalue weighted by molar-refractivity contribution is 9.10. The summed E-state index contributed by atoms with van der Waals surface area (Å²) in [5, 5.41) is 7.29. The van der Waals surface area contributed by atoms with Crippen molar-refractivity contribution < 1.29 is 0 Å². The van der Waals surface area contributed by atoms with Gasteiger partial charge >= 0.3 is 0 Å². The molecule has 3 rings (SSSR count). The molecule has 0 N–H and O–H groups in total. The van der Waals surface area contributed by atoms with Gasteiger partial charge in [0, 0.05) is 6.20 Å². The summed E-state index contributed by atoms with van der Waals surface area (Å²) in [6, 6.07) is 3.88. The minimum absolute atomic E-state index is 0.796. The van der Waals surface area contributed by atoms with E-state index in [1.807, 2.05) is 23.7 Å². The normalized spacial score (nSPS) is 11.0. The van der Waals surface area contributed by atoms with Gasteiger partial charge in [0.2, 0.25) is 0 Å². The molecule has 0 saturated carbocycles. The van der Waals surface area contributed by atoms with E-state index < -0.39 is 0 Å². The van der Waals surface area contributed by atoms with Crippen LogP contribution in [0.1, 0.15) is 0 Å². The van der Waals surface area contributed by atoms with Crippen LogP contribution >= 0.6 is 27.3 Å². The molecule has 0 aliphatic heterocycles. The molecule has 4 nitrogen and oxygen atoms in total. The molecule has 0 aromatic carbocycles. The van der Waals surface area contributed by atoms with Crippen molar-refractivity contribution in [2.45, 2.75) is 0 Å². The van der Waals surface area contributed by atoms with Crippen molar-refractivity contribution in [3.63, 3.8) is 0 Å². The number of nitrogens with zero attached hydrogens (tertiary/aromatic N) is 4. The molecule has 0 spiro atoms. The fourth-order valence-corrected chi connectivity index (χ4v) is 2.40. The van der Waals surface area contributed by atoms with Crippen molar-refractivity contribution in [3.05, 3.63) is 34.6 Å². The standard InChI is InChI=1S/C9H5BrN4S/c10-7-1-3-14(13-7)8-6-2-4-15-9(6)12-5-11-8/h1-5H. The Balaban J connectivity index is 2.30. The van der Waals surface area contributed by atoms with Gasteiger partial charge in [0.25, 0.3) is 0 Å². The summed E-state index contributed by atoms with van der Waals surface area (Å²) in [7, 11) is 0. The molecule has 0 fully saturated rings. The van der Waals surface area contributed by atoms with Crippen LogP contribution in [0.2, 0.25) is 0 Å². The molecule has 15 heavy (non-hydrogen) atoms. The smallest absolute Gasteiger partial charge is 0.165 e. The van der Waals surface area contributed by atoms with Crippen LogP contribution in [0, 0.1) is 0 Å². The number of rotatable bonds is 1. The average molecular weight is 281 g/mol. The molecule has 0 aliphatic carbocycles. The lowest BCUT2D eigenvalue weighted by atomic mass is 10.4. The number of fused-ring (bicyclic) bond motifs is 1. The summed E-state index contributed by atoms with van der Waals surface area (Å²) in [6.45, 7) is 0. The van der Waals surface area contributed by atoms with Crippen molar-refractivity contribution in [3.8, 4) is 5.82 Å². The van der Waals surface area contributed by atoms with Gasteiger partial charge < -0.3 is 0 Å². The third kappa shape index (κ3) is 1.46. The molecule has 0 radical (unpaired) electrons. The quantitative estimate of drug-likeness (QED) is 0.688. The number of hydrogen-bond acceptors (Lipinski definition) is 4. The van der Waals surface area contributed by atoms with Crippen molar-refractivity contribution in [1.29, 1.82) is 0 Å². The van der Waals surface area contributed by atoms with E-state index in [2.05, 4.69) is 31.0 Å². The van der Waals surface area contributed by atoms with Gasteiger partial charge in [-0.3, -0.25) is 0 Å². The van der Waals surface area contributed by atoms with E-state index in [1.54, 1.807) is 22.3 Å². The molecule has 0 unspecified atom stereocenters. The second kappa shape index (κ2) is 3.39. The molecule has 3 heterocycles. The minimum Gasteiger partial charge on any atom is -0.225 e. The molecule has 0 aliphatic rings. The van der Waals surface area contributed by atoms with E-state index in [1.165, 1.54) is 0 Å². The Morgan fingerprint density at radius 1 is 1.27 bits per heavy atom. The van der Waals surface area contributed by atoms with Crippen molar-refractivity contribution in [2.24, 2.45) is 0 Å². The summed E-state index contributed by atoms with van der Waals surface area (Å²) in [6.07, 6.45) is 3.42. The lowest BCUT2D eigenvalue weighted by Gasteiger charge is -2.00. The molecule has 0 bridgehead atoms. The highest BCUT2D eigenvalue weighted by Crippen LogP contribution is 2.22. The van der Waals surface area contributed by atoms with Crippen LogP contribution < -0.4 is 0 Å². The Bertz CT molecular complexity index is 615. The van der Waals surface area contributed by atoms with Crippen LogP contribution in [0.4, 0.5) is 0 Å². The maximum Gasteiger partial charge on any atom is 0.165 e. The molecular weight excluding hydrogens is 276 g/mol. The van der Waals surface area contributed by atoms with E-state index in [9.17, 15) is 0 Å². The second-order valence-electron chi connectivity index (χ2n) is 2.92. The van der Waals surface area contributed by atoms with Crippen molar-refractivity contribution in [1.82, 2.24) is 19.7 Å². The molecule has 0 amide bonds. The molecule has 3 aromatic heterocycles. The molecule has 3 aromatic rings. The fraction of sp³-hybridized carbons (Fsp3) is 0. The van der Waals surface area contributed by atoms with Crippen LogP contribution in [-0.2, 0) is 0 Å². The zero-order valence-electron chi connectivity index (χ0n) is 7.46. The molecule has 74 valence electrons. The van der Waals surface area contributed by atoms with Crippen LogP contribution in [-0.4, -0.2) is 19.7 Å². The zero-order chi connectivity index (χ0) is 10.3. The highest BCUT2D eigenvalue weighted by Gasteiger charge is 2.07. The minimum atomic E-state index is 0.796. The Morgan fingerprint density at radius 2 is 2.20 bits per heavy atom. The Morgan fingerprint density at radius 3 is 3.00 bits per heavy atom. The van der Waals surface area contributed by atoms with Gasteiger partial charge in [-0.15, -0.1) is 11.3 Å². The lowest BCUT2D eigenvalue weighted by molar-refractivity contribution is 0.843. The van der Waals surface area contributed by atoms with E-state index in [-0.39, 0.29) is 0 Å². The van der Waals surface area contributed by atoms with E-state index in [0.29, 0.717) is 0 Å². The first-order valence-electron chi connectivity index (χ1n) is 4.24. The first kappa shape index (κ1) is 8.99. The van der Waals surface area contributed by atoms with Gasteiger partial charge in [0.05, 0.1) is 5.39 Å². The van der Waals surface area contributed by atoms with Gasteiger partial charge in [-0.25, -0.2) is 14.6 Å². The van der Waals surface area contributed by atoms with E-state index >= 15 is 0 Å². The van der Waals surface area contributed by atoms with Gasteiger partial charge in [0.1, 0.15) is 15.8 Å². The van der Waals surface area contributed by atoms with Crippen molar-refractivity contribution in [2.75, 3.05) is 0 Å². The topological polar surface area (TPSA) is 43.6 Å². The molecular formula is C9H5BrN4S. The summed E-state index contributed by atoms with van der Waals surface area (Å²) >= 11 is 4.91. The van der Waals surface area contributed by atoms with E-state index in [4.69, 9.17) is 0 Å². The second-order valence-corrected chi connectivity index (χ2v) is 4.63. The van der Waals surface area contributed by atoms with Gasteiger partial charge in [-0.2, -0.15) is 5.10 Å². The maximum atomic E-state index is 4.26. The summed E-state index contributed by atoms with van der Waals surface area (Å²) in [5.41, 5.74) is 0. The summed E-state index contributed by atoms with van der Waals surface area (Å²) < 4.78 is 2.53. The van der Waals surface area contributed by atoms with E-state index in [0.717, 1.165) is 20.6 Å². The van der Waals surface area contributed by atoms with Gasteiger partial charge in [-0.05, 0) is 33.4 Å². The Hall–Kier alpha value is -1.27. The largest absolute Gasteiger partial charge is 0.225 e. The number of hydrogen-bond donors (Lipinski definition) is 0. The summed E-state index contributed by atoms with van der Waals surface area (Å²) in [4.78, 5) is 9.40. The van der Waals surface area contributed by atoms with Crippen molar-refractivity contribution >= 4 is 37.5 Å². The number of thiophene rings is 1. The van der Waals surface area contributed by atoms with Gasteiger partial charge in [-0.1, -0.05) is 0 Å². The summed E-state index contributed by atoms with van der Waals surface area (Å²) in [5.74, 6) is 0.812. The lowest BCUT2D eigenvalue weighted by Crippen LogP contribution is -1.98. The highest BCUT2D eigenvalue weighted by atomic mass is 79.9. The SMILES string of the molecule is Brc1ccn(-c2ncnc3sccc23)n1. The third-order valence-corrected chi connectivity index (χ3v) is 3.26. The third-order valence-electron chi connectivity index (χ3n) is 2.01. The predicted molar refractivity (Wildman–Crippen MR) is 62.2 cm³/mol. The average Bonchev–Trinajstić information content (AvgIpc) is 2.84. The Kier molecular flexibility index (Phi) is 2.03. The molecule has 6 heteroatoms. The monoisotopic (exact) mass is 280 g/mol. The Labute approximate surface area is 97.7 Å². The predicted octanol–water partition coefficient (Wildman–Crippen LogP) is 2.64. The zero-order valence-corrected chi connectivity index (χ0v) is 9.86. The van der Waals surface area contributed by atoms with Gasteiger partial charge in [0.15, 0.2) is 5.82 Å². The first-order valence-corrected chi connectivity index (χ1v) is 5.91. The molecule has 0 atom stereocenters. The van der Waals surface area contributed by atoms with Crippen LogP contribution in [0.25, 0.3) is 16.0 Å². The fourth-order valence-electron chi connectivity index (χ4n) is 1.38. The molecule has 0 saturated heterocycles. The first-order chi connectivity index (χ1) is 7.34. The maximum absolute atomic E-state index is 4.26. The van der Waals surface area contributed by atoms with Crippen LogP contribution in [0.15, 0.2) is 34.6 Å². The van der Waals surface area contributed by atoms with Crippen LogP contribution in [0.3, 0.4) is 0 Å². The van der Waals surface area contributed by atoms with Crippen LogP contribution in [0.5, 0.6) is 0 Å².